The average molecular weight is 792 g/mol. The second kappa shape index (κ2) is 18.0. The monoisotopic (exact) mass is 791 g/mol. The minimum absolute atomic E-state index is 0.0101. The SMILES string of the molecule is CCNC(=O)[C@H]1O[C@@H](n2cnc3c(NCC(c4ccccc4)c4ccccc4)nc(C(=O)NCCNC(=O)NC4CCN(c5ccccn5)CC4)nc32)[C@@](C)(O)[C@@H]1O. The third-order valence-electron chi connectivity index (χ3n) is 10.5. The van der Waals surface area contributed by atoms with Crippen LogP contribution in [0.15, 0.2) is 91.4 Å². The van der Waals surface area contributed by atoms with Gasteiger partial charge in [0.2, 0.25) is 5.82 Å². The fourth-order valence-electron chi connectivity index (χ4n) is 7.40. The van der Waals surface area contributed by atoms with E-state index in [1.807, 2.05) is 78.9 Å². The number of rotatable bonds is 14. The first kappa shape index (κ1) is 40.0. The van der Waals surface area contributed by atoms with Gasteiger partial charge in [0, 0.05) is 57.4 Å². The van der Waals surface area contributed by atoms with Crippen LogP contribution in [-0.4, -0.2) is 116 Å². The van der Waals surface area contributed by atoms with Crippen LogP contribution in [0.4, 0.5) is 16.4 Å². The summed E-state index contributed by atoms with van der Waals surface area (Å²) in [6.45, 7) is 5.53. The number of carbonyl (C=O) groups is 3. The largest absolute Gasteiger partial charge is 0.387 e. The van der Waals surface area contributed by atoms with Crippen molar-refractivity contribution in [2.24, 2.45) is 0 Å². The number of carbonyl (C=O) groups excluding carboxylic acids is 3. The highest BCUT2D eigenvalue weighted by molar-refractivity contribution is 5.94. The highest BCUT2D eigenvalue weighted by Gasteiger charge is 2.56. The highest BCUT2D eigenvalue weighted by Crippen LogP contribution is 2.40. The maximum absolute atomic E-state index is 13.7. The fraction of sp³-hybridized carbons (Fsp3) is 0.390. The van der Waals surface area contributed by atoms with Crippen molar-refractivity contribution in [3.63, 3.8) is 0 Å². The summed E-state index contributed by atoms with van der Waals surface area (Å²) in [5.41, 5.74) is 0.568. The van der Waals surface area contributed by atoms with E-state index in [1.165, 1.54) is 17.8 Å². The molecule has 2 aliphatic heterocycles. The minimum Gasteiger partial charge on any atom is -0.387 e. The number of nitrogens with zero attached hydrogens (tertiary/aromatic N) is 6. The molecular formula is C41H49N11O6. The predicted molar refractivity (Wildman–Crippen MR) is 216 cm³/mol. The molecule has 7 rings (SSSR count). The molecule has 2 aliphatic rings. The fourth-order valence-corrected chi connectivity index (χ4v) is 7.40. The number of nitrogens with one attached hydrogen (secondary N) is 5. The lowest BCUT2D eigenvalue weighted by Crippen LogP contribution is -2.49. The van der Waals surface area contributed by atoms with Gasteiger partial charge in [0.25, 0.3) is 11.8 Å². The molecule has 304 valence electrons. The Labute approximate surface area is 335 Å². The molecule has 17 heteroatoms. The van der Waals surface area contributed by atoms with Crippen molar-refractivity contribution in [1.29, 1.82) is 0 Å². The molecule has 4 amide bonds. The Balaban J connectivity index is 1.07. The first-order valence-corrected chi connectivity index (χ1v) is 19.5. The molecule has 2 saturated heterocycles. The molecule has 0 bridgehead atoms. The van der Waals surface area contributed by atoms with E-state index in [9.17, 15) is 24.6 Å². The molecule has 0 radical (unpaired) electrons. The van der Waals surface area contributed by atoms with Crippen molar-refractivity contribution in [2.75, 3.05) is 49.5 Å². The first-order valence-electron chi connectivity index (χ1n) is 19.5. The van der Waals surface area contributed by atoms with Crippen molar-refractivity contribution >= 4 is 40.6 Å². The Kier molecular flexibility index (Phi) is 12.4. The van der Waals surface area contributed by atoms with E-state index >= 15 is 0 Å². The molecule has 0 spiro atoms. The Hall–Kier alpha value is -6.17. The number of likely N-dealkylation sites (N-methyl/N-ethyl adjacent to an activating group) is 1. The quantitative estimate of drug-likeness (QED) is 0.0806. The Morgan fingerprint density at radius 2 is 1.57 bits per heavy atom. The Bertz CT molecular complexity index is 2130. The summed E-state index contributed by atoms with van der Waals surface area (Å²) in [7, 11) is 0. The number of amides is 4. The van der Waals surface area contributed by atoms with Crippen molar-refractivity contribution < 1.29 is 29.3 Å². The number of imidazole rings is 1. The van der Waals surface area contributed by atoms with Gasteiger partial charge in [-0.15, -0.1) is 0 Å². The molecule has 7 N–H and O–H groups in total. The second-order valence-corrected chi connectivity index (χ2v) is 14.6. The number of piperidine rings is 1. The number of benzene rings is 2. The zero-order valence-electron chi connectivity index (χ0n) is 32.4. The summed E-state index contributed by atoms with van der Waals surface area (Å²) in [5, 5.41) is 37.1. The second-order valence-electron chi connectivity index (χ2n) is 14.6. The van der Waals surface area contributed by atoms with Crippen molar-refractivity contribution in [3.8, 4) is 0 Å². The number of anilines is 2. The molecular weight excluding hydrogens is 743 g/mol. The van der Waals surface area contributed by atoms with Gasteiger partial charge >= 0.3 is 6.03 Å². The number of fused-ring (bicyclic) bond motifs is 1. The lowest BCUT2D eigenvalue weighted by atomic mass is 9.91. The molecule has 3 aromatic heterocycles. The summed E-state index contributed by atoms with van der Waals surface area (Å²) < 4.78 is 7.36. The summed E-state index contributed by atoms with van der Waals surface area (Å²) in [5.74, 6) is -0.359. The third kappa shape index (κ3) is 8.86. The van der Waals surface area contributed by atoms with E-state index in [-0.39, 0.29) is 53.9 Å². The predicted octanol–water partition coefficient (Wildman–Crippen LogP) is 2.31. The number of hydrogen-bond donors (Lipinski definition) is 7. The molecule has 17 nitrogen and oxygen atoms in total. The van der Waals surface area contributed by atoms with E-state index < -0.39 is 35.9 Å². The van der Waals surface area contributed by atoms with E-state index in [0.717, 1.165) is 42.9 Å². The van der Waals surface area contributed by atoms with Gasteiger partial charge in [-0.1, -0.05) is 66.7 Å². The van der Waals surface area contributed by atoms with Gasteiger partial charge < -0.3 is 46.4 Å². The Morgan fingerprint density at radius 3 is 2.22 bits per heavy atom. The van der Waals surface area contributed by atoms with Gasteiger partial charge in [-0.2, -0.15) is 0 Å². The number of hydrogen-bond acceptors (Lipinski definition) is 12. The van der Waals surface area contributed by atoms with Crippen LogP contribution >= 0.6 is 0 Å². The molecule has 4 atom stereocenters. The van der Waals surface area contributed by atoms with Crippen LogP contribution in [0.3, 0.4) is 0 Å². The standard InChI is InChI=1S/C41H49N11O6/c1-3-42-37(54)32-33(53)41(2,57)39(58-32)52-25-47-31-34(46-24-29(26-12-6-4-7-13-26)27-14-8-5-9-15-27)49-35(50-36(31)52)38(55)44-20-21-45-40(56)48-28-17-22-51(23-18-28)30-16-10-11-19-43-30/h4-16,19,25,28-29,32-33,39,53,57H,3,17-18,20-24H2,1-2H3,(H,42,54)(H,44,55)(H2,45,48,56)(H,46,49,50)/t32-,33+,39+,41-/m0/s1. The van der Waals surface area contributed by atoms with Crippen LogP contribution < -0.4 is 31.5 Å². The topological polar surface area (TPSA) is 221 Å². The summed E-state index contributed by atoms with van der Waals surface area (Å²) in [6, 6.07) is 25.4. The maximum Gasteiger partial charge on any atom is 0.315 e. The maximum atomic E-state index is 13.7. The number of aliphatic hydroxyl groups excluding tert-OH is 1. The van der Waals surface area contributed by atoms with E-state index in [0.29, 0.717) is 13.1 Å². The van der Waals surface area contributed by atoms with Crippen LogP contribution in [0.5, 0.6) is 0 Å². The van der Waals surface area contributed by atoms with Gasteiger partial charge in [0.1, 0.15) is 17.5 Å². The molecule has 0 unspecified atom stereocenters. The van der Waals surface area contributed by atoms with E-state index in [2.05, 4.69) is 51.4 Å². The molecule has 0 aliphatic carbocycles. The molecule has 2 fully saturated rings. The van der Waals surface area contributed by atoms with Crippen molar-refractivity contribution in [1.82, 2.24) is 45.8 Å². The molecule has 0 saturated carbocycles. The summed E-state index contributed by atoms with van der Waals surface area (Å²) >= 11 is 0. The van der Waals surface area contributed by atoms with Crippen LogP contribution in [0.2, 0.25) is 0 Å². The van der Waals surface area contributed by atoms with Gasteiger partial charge in [-0.05, 0) is 49.9 Å². The number of aliphatic hydroxyl groups is 2. The van der Waals surface area contributed by atoms with Gasteiger partial charge in [-0.3, -0.25) is 14.2 Å². The smallest absolute Gasteiger partial charge is 0.315 e. The lowest BCUT2D eigenvalue weighted by Gasteiger charge is -2.33. The van der Waals surface area contributed by atoms with Gasteiger partial charge in [0.15, 0.2) is 29.3 Å². The lowest BCUT2D eigenvalue weighted by molar-refractivity contribution is -0.137. The zero-order valence-corrected chi connectivity index (χ0v) is 32.4. The minimum atomic E-state index is -1.95. The van der Waals surface area contributed by atoms with Crippen LogP contribution in [0.25, 0.3) is 11.2 Å². The number of pyridine rings is 1. The van der Waals surface area contributed by atoms with Crippen molar-refractivity contribution in [3.05, 3.63) is 108 Å². The normalized spacial score (nSPS) is 20.8. The zero-order chi connectivity index (χ0) is 40.6. The molecule has 2 aromatic carbocycles. The third-order valence-corrected chi connectivity index (χ3v) is 10.5. The molecule has 58 heavy (non-hydrogen) atoms. The van der Waals surface area contributed by atoms with Crippen LogP contribution in [-0.2, 0) is 9.53 Å². The number of ether oxygens (including phenoxy) is 1. The summed E-state index contributed by atoms with van der Waals surface area (Å²) in [6.07, 6.45) is 0.436. The van der Waals surface area contributed by atoms with Gasteiger partial charge in [-0.25, -0.2) is 24.7 Å². The summed E-state index contributed by atoms with van der Waals surface area (Å²) in [4.78, 5) is 59.5. The molecule has 5 aromatic rings. The van der Waals surface area contributed by atoms with Crippen molar-refractivity contribution in [2.45, 2.75) is 62.7 Å². The van der Waals surface area contributed by atoms with Gasteiger partial charge in [0.05, 0.1) is 6.33 Å². The number of urea groups is 1. The first-order chi connectivity index (χ1) is 28.1. The highest BCUT2D eigenvalue weighted by atomic mass is 16.6. The van der Waals surface area contributed by atoms with Crippen LogP contribution in [0.1, 0.15) is 60.6 Å². The molecule has 5 heterocycles. The Morgan fingerprint density at radius 1 is 0.897 bits per heavy atom. The average Bonchev–Trinajstić information content (AvgIpc) is 3.77. The van der Waals surface area contributed by atoms with Crippen LogP contribution in [0, 0.1) is 0 Å². The van der Waals surface area contributed by atoms with E-state index in [4.69, 9.17) is 4.74 Å². The van der Waals surface area contributed by atoms with E-state index in [1.54, 1.807) is 13.1 Å². The number of aromatic nitrogens is 5.